The minimum atomic E-state index is -0.720. The Hall–Kier alpha value is -5.89. The van der Waals surface area contributed by atoms with E-state index in [1.807, 2.05) is 37.9 Å². The van der Waals surface area contributed by atoms with E-state index in [2.05, 4.69) is 77.4 Å². The van der Waals surface area contributed by atoms with Gasteiger partial charge in [0, 0.05) is 36.6 Å². The van der Waals surface area contributed by atoms with Gasteiger partial charge in [0.15, 0.2) is 0 Å². The van der Waals surface area contributed by atoms with Crippen molar-refractivity contribution in [2.45, 2.75) is 103 Å². The molecule has 4 N–H and O–H groups in total. The number of nitrogens with zero attached hydrogens (tertiary/aromatic N) is 3. The molecule has 8 atom stereocenters. The number of rotatable bonds is 13. The number of aromatic amines is 2. The van der Waals surface area contributed by atoms with Gasteiger partial charge in [0.25, 0.3) is 0 Å². The number of hydrogen-bond donors (Lipinski definition) is 4. The zero-order chi connectivity index (χ0) is 44.7. The van der Waals surface area contributed by atoms with Gasteiger partial charge >= 0.3 is 12.2 Å². The van der Waals surface area contributed by atoms with Crippen LogP contribution in [0.1, 0.15) is 95.9 Å². The van der Waals surface area contributed by atoms with Crippen LogP contribution in [-0.2, 0) is 25.6 Å². The van der Waals surface area contributed by atoms with Crippen LogP contribution >= 0.6 is 0 Å². The van der Waals surface area contributed by atoms with Crippen LogP contribution in [0.3, 0.4) is 0 Å². The molecule has 2 aromatic heterocycles. The zero-order valence-electron chi connectivity index (χ0n) is 37.7. The monoisotopic (exact) mass is 859 g/mol. The van der Waals surface area contributed by atoms with Crippen molar-refractivity contribution in [3.63, 3.8) is 0 Å². The normalized spacial score (nSPS) is 22.0. The molecule has 2 unspecified atom stereocenters. The van der Waals surface area contributed by atoms with Gasteiger partial charge in [-0.25, -0.2) is 19.6 Å². The van der Waals surface area contributed by atoms with Crippen LogP contribution in [-0.4, -0.2) is 89.0 Å². The number of alkyl carbamates (subject to hydrolysis) is 2. The van der Waals surface area contributed by atoms with Gasteiger partial charge in [-0.05, 0) is 103 Å². The summed E-state index contributed by atoms with van der Waals surface area (Å²) in [5.74, 6) is 2.86. The fraction of sp³-hybridized carbons (Fsp3) is 0.490. The number of imidazole rings is 2. The van der Waals surface area contributed by atoms with E-state index >= 15 is 0 Å². The van der Waals surface area contributed by atoms with Gasteiger partial charge in [0.1, 0.15) is 30.0 Å². The molecule has 4 heterocycles. The first kappa shape index (κ1) is 43.7. The van der Waals surface area contributed by atoms with E-state index in [4.69, 9.17) is 28.9 Å². The van der Waals surface area contributed by atoms with Crippen molar-refractivity contribution >= 4 is 39.9 Å². The van der Waals surface area contributed by atoms with Gasteiger partial charge in [-0.3, -0.25) is 4.79 Å². The molecule has 3 amide bonds. The Balaban J connectivity index is 1.05. The number of aromatic nitrogens is 4. The fourth-order valence-corrected chi connectivity index (χ4v) is 10.3. The number of methoxy groups -OCH3 is 3. The first-order valence-electron chi connectivity index (χ1n) is 22.3. The minimum Gasteiger partial charge on any atom is -0.488 e. The summed E-state index contributed by atoms with van der Waals surface area (Å²) >= 11 is 0. The Labute approximate surface area is 368 Å². The van der Waals surface area contributed by atoms with Gasteiger partial charge in [-0.2, -0.15) is 0 Å². The smallest absolute Gasteiger partial charge is 0.407 e. The third-order valence-corrected chi connectivity index (χ3v) is 13.9. The molecule has 14 nitrogen and oxygen atoms in total. The summed E-state index contributed by atoms with van der Waals surface area (Å²) < 4.78 is 21.9. The van der Waals surface area contributed by atoms with Crippen LogP contribution in [0.4, 0.5) is 9.59 Å². The second-order valence-corrected chi connectivity index (χ2v) is 18.1. The lowest BCUT2D eigenvalue weighted by Crippen LogP contribution is -2.52. The maximum Gasteiger partial charge on any atom is 0.407 e. The largest absolute Gasteiger partial charge is 0.488 e. The number of benzene rings is 3. The number of nitrogens with one attached hydrogen (secondary N) is 4. The van der Waals surface area contributed by atoms with Crippen LogP contribution in [0.15, 0.2) is 60.8 Å². The summed E-state index contributed by atoms with van der Waals surface area (Å²) in [6, 6.07) is 13.7. The van der Waals surface area contributed by atoms with Gasteiger partial charge < -0.3 is 44.4 Å². The summed E-state index contributed by atoms with van der Waals surface area (Å²) in [5.41, 5.74) is 7.86. The molecule has 0 spiro atoms. The molecule has 14 heteroatoms. The molecule has 8 rings (SSSR count). The van der Waals surface area contributed by atoms with E-state index < -0.39 is 18.2 Å². The average molecular weight is 860 g/mol. The molecule has 0 bridgehead atoms. The number of ether oxygens (including phenoxy) is 4. The van der Waals surface area contributed by atoms with Crippen molar-refractivity contribution in [2.24, 2.45) is 23.7 Å². The average Bonchev–Trinajstić information content (AvgIpc) is 4.11. The highest BCUT2D eigenvalue weighted by molar-refractivity contribution is 6.07. The number of carbonyl (C=O) groups is 3. The van der Waals surface area contributed by atoms with Crippen molar-refractivity contribution < 1.29 is 33.3 Å². The molecule has 3 aliphatic rings. The Morgan fingerprint density at radius 2 is 1.70 bits per heavy atom. The van der Waals surface area contributed by atoms with E-state index in [9.17, 15) is 14.4 Å². The molecule has 1 saturated heterocycles. The van der Waals surface area contributed by atoms with Crippen molar-refractivity contribution in [3.05, 3.63) is 78.0 Å². The van der Waals surface area contributed by atoms with Crippen molar-refractivity contribution in [3.8, 4) is 28.1 Å². The van der Waals surface area contributed by atoms with E-state index in [1.165, 1.54) is 14.2 Å². The lowest BCUT2D eigenvalue weighted by Gasteiger charge is -2.32. The molecular formula is C49H61N7O7. The van der Waals surface area contributed by atoms with Crippen molar-refractivity contribution in [1.82, 2.24) is 35.5 Å². The van der Waals surface area contributed by atoms with Crippen LogP contribution in [0.25, 0.3) is 44.2 Å². The SMILES string of the molecule is C=C(C(NC(=O)OC)[C@@H](C)CC)C1C[C@@H](COC)C[C@H]1c1ncc(-c2ccc3c(c2)COc2cc4c(ccc5[nH]c([C@@H]6CC[C@H](C)N6C(=O)[C@@H](NC(=O)OC)C(C)C)nc54)cc2-3)[nH]1. The summed E-state index contributed by atoms with van der Waals surface area (Å²) in [6.07, 6.45) is 5.10. The second-order valence-electron chi connectivity index (χ2n) is 18.1. The van der Waals surface area contributed by atoms with Gasteiger partial charge in [-0.1, -0.05) is 64.5 Å². The first-order valence-corrected chi connectivity index (χ1v) is 22.3. The molecule has 334 valence electrons. The number of hydrogen-bond acceptors (Lipinski definition) is 9. The quantitative estimate of drug-likeness (QED) is 0.0843. The number of amides is 3. The maximum absolute atomic E-state index is 14.0. The summed E-state index contributed by atoms with van der Waals surface area (Å²) in [5, 5.41) is 7.81. The Morgan fingerprint density at radius 3 is 2.41 bits per heavy atom. The zero-order valence-corrected chi connectivity index (χ0v) is 37.7. The van der Waals surface area contributed by atoms with E-state index in [1.54, 1.807) is 7.11 Å². The standard InChI is InChI=1S/C49H61N7O7/c1-10-26(4)43(55-49(59)62-9)28(6)34-17-29(23-60-7)18-37(34)45-50-22-39(52-45)31-12-14-33-32(19-31)24-63-41-21-35-30(20-36(33)41)13-15-38-44(35)53-46(51-38)40-16-11-27(5)56(40)47(57)42(25(2)3)54-48(58)61-8/h12-15,19-22,25-27,29,34,37,40,42-43H,6,10-11,16-18,23-24H2,1-5,7-9H3,(H,50,52)(H,51,53)(H,54,58)(H,55,59)/t26-,27-,29+,34?,37+,40-,42-,43?/m0/s1. The Morgan fingerprint density at radius 1 is 0.937 bits per heavy atom. The van der Waals surface area contributed by atoms with Crippen molar-refractivity contribution in [2.75, 3.05) is 27.9 Å². The van der Waals surface area contributed by atoms with Gasteiger partial charge in [0.2, 0.25) is 5.91 Å². The third-order valence-electron chi connectivity index (χ3n) is 13.9. The summed E-state index contributed by atoms with van der Waals surface area (Å²) in [7, 11) is 4.43. The van der Waals surface area contributed by atoms with E-state index in [0.717, 1.165) is 105 Å². The maximum atomic E-state index is 14.0. The minimum absolute atomic E-state index is 0.0194. The molecule has 1 aliphatic carbocycles. The van der Waals surface area contributed by atoms with Gasteiger partial charge in [-0.15, -0.1) is 0 Å². The molecule has 3 aromatic carbocycles. The molecule has 2 fully saturated rings. The number of fused-ring (bicyclic) bond motifs is 6. The molecule has 0 radical (unpaired) electrons. The predicted octanol–water partition coefficient (Wildman–Crippen LogP) is 9.18. The number of likely N-dealkylation sites (tertiary alicyclic amines) is 1. The summed E-state index contributed by atoms with van der Waals surface area (Å²) in [4.78, 5) is 57.7. The summed E-state index contributed by atoms with van der Waals surface area (Å²) in [6.45, 7) is 15.8. The molecule has 5 aromatic rings. The molecular weight excluding hydrogens is 799 g/mol. The van der Waals surface area contributed by atoms with Crippen LogP contribution in [0.5, 0.6) is 5.75 Å². The number of carbonyl (C=O) groups excluding carboxylic acids is 3. The topological polar surface area (TPSA) is 173 Å². The van der Waals surface area contributed by atoms with Crippen molar-refractivity contribution in [1.29, 1.82) is 0 Å². The highest BCUT2D eigenvalue weighted by Gasteiger charge is 2.43. The fourth-order valence-electron chi connectivity index (χ4n) is 10.3. The Bertz CT molecular complexity index is 2530. The third kappa shape index (κ3) is 8.37. The van der Waals surface area contributed by atoms with E-state index in [-0.39, 0.29) is 47.7 Å². The number of H-pyrrole nitrogens is 2. The van der Waals surface area contributed by atoms with Crippen LogP contribution in [0.2, 0.25) is 0 Å². The molecule has 2 aliphatic heterocycles. The Kier molecular flexibility index (Phi) is 12.5. The predicted molar refractivity (Wildman–Crippen MR) is 242 cm³/mol. The molecule has 63 heavy (non-hydrogen) atoms. The first-order chi connectivity index (χ1) is 30.3. The highest BCUT2D eigenvalue weighted by atomic mass is 16.5. The lowest BCUT2D eigenvalue weighted by molar-refractivity contribution is -0.137. The van der Waals surface area contributed by atoms with Gasteiger partial charge in [0.05, 0.1) is 49.2 Å². The molecule has 1 saturated carbocycles. The van der Waals surface area contributed by atoms with Crippen LogP contribution < -0.4 is 15.4 Å². The van der Waals surface area contributed by atoms with E-state index in [0.29, 0.717) is 19.1 Å². The highest BCUT2D eigenvalue weighted by Crippen LogP contribution is 2.48. The van der Waals surface area contributed by atoms with Crippen LogP contribution in [0, 0.1) is 23.7 Å². The second kappa shape index (κ2) is 18.1. The lowest BCUT2D eigenvalue weighted by atomic mass is 9.80.